The average Bonchev–Trinajstić information content (AvgIpc) is 3.28. The van der Waals surface area contributed by atoms with Crippen LogP contribution in [0.4, 0.5) is 5.69 Å². The number of thiocarbonyl (C=S) groups is 1. The van der Waals surface area contributed by atoms with Crippen LogP contribution in [0.2, 0.25) is 0 Å². The van der Waals surface area contributed by atoms with E-state index in [1.807, 2.05) is 39.0 Å². The monoisotopic (exact) mass is 456 g/mol. The van der Waals surface area contributed by atoms with Crippen molar-refractivity contribution in [2.75, 3.05) is 5.32 Å². The molecule has 1 heterocycles. The van der Waals surface area contributed by atoms with Crippen LogP contribution in [-0.4, -0.2) is 19.2 Å². The summed E-state index contributed by atoms with van der Waals surface area (Å²) < 4.78 is 32.5. The summed E-state index contributed by atoms with van der Waals surface area (Å²) >= 11 is 5.32. The van der Waals surface area contributed by atoms with Gasteiger partial charge in [-0.25, -0.2) is 13.1 Å². The Labute approximate surface area is 187 Å². The smallest absolute Gasteiger partial charge is 0.240 e. The summed E-state index contributed by atoms with van der Waals surface area (Å²) in [7, 11) is -3.64. The Balaban J connectivity index is 1.61. The van der Waals surface area contributed by atoms with Crippen molar-refractivity contribution in [1.82, 2.24) is 10.1 Å². The van der Waals surface area contributed by atoms with Crippen molar-refractivity contribution >= 4 is 38.8 Å². The van der Waals surface area contributed by atoms with Gasteiger partial charge >= 0.3 is 0 Å². The van der Waals surface area contributed by atoms with Gasteiger partial charge in [-0.3, -0.25) is 5.43 Å². The molecule has 0 spiro atoms. The third-order valence-corrected chi connectivity index (χ3v) is 6.39. The van der Waals surface area contributed by atoms with Gasteiger partial charge in [-0.05, 0) is 80.0 Å². The highest BCUT2D eigenvalue weighted by Crippen LogP contribution is 2.18. The first kappa shape index (κ1) is 22.7. The molecule has 0 aliphatic carbocycles. The fourth-order valence-electron chi connectivity index (χ4n) is 2.77. The zero-order valence-corrected chi connectivity index (χ0v) is 19.1. The van der Waals surface area contributed by atoms with Crippen LogP contribution in [0, 0.1) is 13.8 Å². The Morgan fingerprint density at radius 1 is 1.06 bits per heavy atom. The summed E-state index contributed by atoms with van der Waals surface area (Å²) in [6, 6.07) is 15.8. The number of rotatable bonds is 7. The van der Waals surface area contributed by atoms with Gasteiger partial charge in [0.25, 0.3) is 0 Å². The minimum Gasteiger partial charge on any atom is -0.468 e. The molecule has 0 atom stereocenters. The van der Waals surface area contributed by atoms with Gasteiger partial charge in [0.05, 0.1) is 23.4 Å². The second-order valence-electron chi connectivity index (χ2n) is 6.94. The van der Waals surface area contributed by atoms with Crippen molar-refractivity contribution in [3.63, 3.8) is 0 Å². The molecule has 31 heavy (non-hydrogen) atoms. The molecule has 0 aliphatic rings. The summed E-state index contributed by atoms with van der Waals surface area (Å²) in [5, 5.41) is 7.79. The second kappa shape index (κ2) is 9.86. The molecular weight excluding hydrogens is 432 g/mol. The minimum absolute atomic E-state index is 0.0896. The number of nitrogens with zero attached hydrogens (tertiary/aromatic N) is 1. The molecule has 0 saturated heterocycles. The number of hydrogen-bond acceptors (Lipinski definition) is 5. The zero-order valence-electron chi connectivity index (χ0n) is 17.5. The van der Waals surface area contributed by atoms with Gasteiger partial charge in [-0.1, -0.05) is 24.3 Å². The van der Waals surface area contributed by atoms with Gasteiger partial charge in [0.15, 0.2) is 5.11 Å². The van der Waals surface area contributed by atoms with E-state index in [2.05, 4.69) is 20.6 Å². The molecule has 0 amide bonds. The summed E-state index contributed by atoms with van der Waals surface area (Å²) in [6.45, 7) is 5.96. The molecule has 9 heteroatoms. The van der Waals surface area contributed by atoms with Crippen molar-refractivity contribution in [2.24, 2.45) is 5.10 Å². The maximum absolute atomic E-state index is 12.4. The topological polar surface area (TPSA) is 95.7 Å². The van der Waals surface area contributed by atoms with Crippen LogP contribution in [0.15, 0.2) is 75.3 Å². The van der Waals surface area contributed by atoms with E-state index in [-0.39, 0.29) is 11.4 Å². The lowest BCUT2D eigenvalue weighted by Crippen LogP contribution is -2.25. The summed E-state index contributed by atoms with van der Waals surface area (Å²) in [6.07, 6.45) is 1.50. The number of sulfonamides is 1. The highest BCUT2D eigenvalue weighted by molar-refractivity contribution is 7.89. The molecule has 3 rings (SSSR count). The molecule has 1 aromatic heterocycles. The Morgan fingerprint density at radius 3 is 2.48 bits per heavy atom. The van der Waals surface area contributed by atoms with E-state index in [0.29, 0.717) is 16.6 Å². The second-order valence-corrected chi connectivity index (χ2v) is 9.11. The van der Waals surface area contributed by atoms with E-state index >= 15 is 0 Å². The first-order valence-corrected chi connectivity index (χ1v) is 11.5. The Kier molecular flexibility index (Phi) is 7.21. The number of anilines is 1. The third kappa shape index (κ3) is 6.00. The number of aryl methyl sites for hydroxylation is 1. The summed E-state index contributed by atoms with van der Waals surface area (Å²) in [5.41, 5.74) is 7.46. The average molecular weight is 457 g/mol. The predicted molar refractivity (Wildman–Crippen MR) is 127 cm³/mol. The highest BCUT2D eigenvalue weighted by atomic mass is 32.2. The zero-order chi connectivity index (χ0) is 22.4. The van der Waals surface area contributed by atoms with E-state index < -0.39 is 10.0 Å². The maximum Gasteiger partial charge on any atom is 0.240 e. The SMILES string of the molecule is C/C(=N/NC(=S)Nc1cccc(C)c1C)c1ccc(S(=O)(=O)NCc2ccco2)cc1. The van der Waals surface area contributed by atoms with Gasteiger partial charge in [0.1, 0.15) is 5.76 Å². The summed E-state index contributed by atoms with van der Waals surface area (Å²) in [5.74, 6) is 0.541. The fourth-order valence-corrected chi connectivity index (χ4v) is 3.92. The number of hydrogen-bond donors (Lipinski definition) is 3. The number of furan rings is 1. The fraction of sp³-hybridized carbons (Fsp3) is 0.182. The van der Waals surface area contributed by atoms with Crippen LogP contribution in [0.3, 0.4) is 0 Å². The lowest BCUT2D eigenvalue weighted by Gasteiger charge is -2.12. The third-order valence-electron chi connectivity index (χ3n) is 4.78. The number of benzene rings is 2. The standard InChI is InChI=1S/C22H24N4O3S2/c1-15-6-4-8-21(16(15)2)24-22(30)26-25-17(3)18-9-11-20(12-10-18)31(27,28)23-14-19-7-5-13-29-19/h4-13,23H,14H2,1-3H3,(H2,24,26,30)/b25-17-. The van der Waals surface area contributed by atoms with Crippen molar-refractivity contribution in [3.05, 3.63) is 83.3 Å². The molecule has 2 aromatic carbocycles. The molecule has 0 fully saturated rings. The van der Waals surface area contributed by atoms with Gasteiger partial charge in [0, 0.05) is 5.69 Å². The molecule has 0 bridgehead atoms. The normalized spacial score (nSPS) is 11.9. The van der Waals surface area contributed by atoms with Crippen LogP contribution in [0.1, 0.15) is 29.4 Å². The van der Waals surface area contributed by atoms with Crippen molar-refractivity contribution in [2.45, 2.75) is 32.2 Å². The predicted octanol–water partition coefficient (Wildman–Crippen LogP) is 4.09. The van der Waals surface area contributed by atoms with Crippen molar-refractivity contribution < 1.29 is 12.8 Å². The van der Waals surface area contributed by atoms with E-state index in [1.165, 1.54) is 24.0 Å². The Bertz CT molecular complexity index is 1190. The molecule has 0 unspecified atom stereocenters. The van der Waals surface area contributed by atoms with Gasteiger partial charge < -0.3 is 9.73 Å². The maximum atomic E-state index is 12.4. The number of nitrogens with one attached hydrogen (secondary N) is 3. The Hall–Kier alpha value is -3.01. The lowest BCUT2D eigenvalue weighted by atomic mass is 10.1. The molecule has 0 radical (unpaired) electrons. The lowest BCUT2D eigenvalue weighted by molar-refractivity contribution is 0.498. The van der Waals surface area contributed by atoms with Crippen molar-refractivity contribution in [3.8, 4) is 0 Å². The molecule has 0 aliphatic heterocycles. The van der Waals surface area contributed by atoms with Gasteiger partial charge in [-0.2, -0.15) is 5.10 Å². The van der Waals surface area contributed by atoms with Crippen molar-refractivity contribution in [1.29, 1.82) is 0 Å². The van der Waals surface area contributed by atoms with Crippen LogP contribution in [0.5, 0.6) is 0 Å². The minimum atomic E-state index is -3.64. The molecule has 7 nitrogen and oxygen atoms in total. The largest absolute Gasteiger partial charge is 0.468 e. The molecular formula is C22H24N4O3S2. The van der Waals surface area contributed by atoms with E-state index in [9.17, 15) is 8.42 Å². The summed E-state index contributed by atoms with van der Waals surface area (Å²) in [4.78, 5) is 0.163. The highest BCUT2D eigenvalue weighted by Gasteiger charge is 2.14. The Morgan fingerprint density at radius 2 is 1.81 bits per heavy atom. The van der Waals surface area contributed by atoms with Gasteiger partial charge in [0.2, 0.25) is 10.0 Å². The van der Waals surface area contributed by atoms with E-state index in [0.717, 1.165) is 16.8 Å². The van der Waals surface area contributed by atoms with Crippen LogP contribution in [0.25, 0.3) is 0 Å². The molecule has 3 N–H and O–H groups in total. The molecule has 0 saturated carbocycles. The van der Waals surface area contributed by atoms with E-state index in [1.54, 1.807) is 24.3 Å². The van der Waals surface area contributed by atoms with Crippen LogP contribution >= 0.6 is 12.2 Å². The van der Waals surface area contributed by atoms with Crippen LogP contribution in [-0.2, 0) is 16.6 Å². The van der Waals surface area contributed by atoms with Crippen LogP contribution < -0.4 is 15.5 Å². The van der Waals surface area contributed by atoms with Gasteiger partial charge in [-0.15, -0.1) is 0 Å². The molecule has 3 aromatic rings. The van der Waals surface area contributed by atoms with E-state index in [4.69, 9.17) is 16.6 Å². The first-order chi connectivity index (χ1) is 14.8. The molecule has 162 valence electrons. The number of hydrazone groups is 1. The quantitative estimate of drug-likeness (QED) is 0.282. The first-order valence-electron chi connectivity index (χ1n) is 9.56.